The molecule has 0 unspecified atom stereocenters. The van der Waals surface area contributed by atoms with Gasteiger partial charge in [0.2, 0.25) is 0 Å². The van der Waals surface area contributed by atoms with Crippen LogP contribution >= 0.6 is 0 Å². The van der Waals surface area contributed by atoms with Gasteiger partial charge in [-0.05, 0) is 29.8 Å². The van der Waals surface area contributed by atoms with E-state index in [2.05, 4.69) is 5.10 Å². The van der Waals surface area contributed by atoms with E-state index >= 15 is 0 Å². The highest BCUT2D eigenvalue weighted by molar-refractivity contribution is 5.96. The lowest BCUT2D eigenvalue weighted by atomic mass is 10.1. The van der Waals surface area contributed by atoms with Crippen molar-refractivity contribution in [2.45, 2.75) is 24.9 Å². The van der Waals surface area contributed by atoms with Gasteiger partial charge in [-0.1, -0.05) is 12.1 Å². The normalized spacial score (nSPS) is 19.1. The Morgan fingerprint density at radius 3 is 2.64 bits per heavy atom. The maximum absolute atomic E-state index is 13.6. The van der Waals surface area contributed by atoms with Crippen LogP contribution in [0.4, 0.5) is 22.0 Å². The van der Waals surface area contributed by atoms with Gasteiger partial charge in [0.15, 0.2) is 11.6 Å². The van der Waals surface area contributed by atoms with Gasteiger partial charge in [0.1, 0.15) is 12.4 Å². The van der Waals surface area contributed by atoms with Crippen LogP contribution < -0.4 is 4.74 Å². The number of aliphatic hydroxyl groups is 1. The fraction of sp³-hybridized carbons (Fsp3) is 0.222. The van der Waals surface area contributed by atoms with Crippen LogP contribution in [0.2, 0.25) is 0 Å². The fourth-order valence-electron chi connectivity index (χ4n) is 2.56. The zero-order valence-electron chi connectivity index (χ0n) is 14.1. The number of nitrogens with zero attached hydrogens (tertiary/aromatic N) is 2. The molecule has 1 N–H and O–H groups in total. The van der Waals surface area contributed by atoms with Crippen LogP contribution in [0.1, 0.15) is 22.3 Å². The summed E-state index contributed by atoms with van der Waals surface area (Å²) in [6, 6.07) is 8.09. The Kier molecular flexibility index (Phi) is 5.07. The number of benzene rings is 2. The van der Waals surface area contributed by atoms with Crippen molar-refractivity contribution in [1.82, 2.24) is 5.01 Å². The van der Waals surface area contributed by atoms with Crippen LogP contribution in [0.15, 0.2) is 47.6 Å². The Bertz CT molecular complexity index is 932. The van der Waals surface area contributed by atoms with Crippen molar-refractivity contribution in [3.05, 3.63) is 65.2 Å². The Hall–Kier alpha value is -3.01. The number of hydrogen-bond acceptors (Lipinski definition) is 4. The van der Waals surface area contributed by atoms with Crippen molar-refractivity contribution in [3.63, 3.8) is 0 Å². The van der Waals surface area contributed by atoms with Crippen LogP contribution in [0.25, 0.3) is 0 Å². The summed E-state index contributed by atoms with van der Waals surface area (Å²) in [5, 5.41) is 13.2. The highest BCUT2D eigenvalue weighted by atomic mass is 19.4. The second kappa shape index (κ2) is 7.19. The number of amides is 1. The number of alkyl halides is 3. The van der Waals surface area contributed by atoms with Gasteiger partial charge < -0.3 is 9.84 Å². The average molecular weight is 400 g/mol. The summed E-state index contributed by atoms with van der Waals surface area (Å²) in [7, 11) is 0. The molecule has 10 heteroatoms. The van der Waals surface area contributed by atoms with Crippen LogP contribution in [0.5, 0.6) is 5.75 Å². The predicted octanol–water partition coefficient (Wildman–Crippen LogP) is 3.63. The quantitative estimate of drug-likeness (QED) is 0.798. The summed E-state index contributed by atoms with van der Waals surface area (Å²) in [4.78, 5) is 12.4. The third kappa shape index (κ3) is 3.68. The van der Waals surface area contributed by atoms with E-state index in [4.69, 9.17) is 4.74 Å². The maximum atomic E-state index is 13.6. The number of hydrazone groups is 1. The number of hydrogen-bond donors (Lipinski definition) is 1. The first-order valence-corrected chi connectivity index (χ1v) is 7.95. The molecule has 0 fully saturated rings. The van der Waals surface area contributed by atoms with Crippen LogP contribution in [0.3, 0.4) is 0 Å². The molecule has 0 aromatic heterocycles. The lowest BCUT2D eigenvalue weighted by Crippen LogP contribution is -2.56. The number of carbonyl (C=O) groups is 1. The molecule has 3 rings (SSSR count). The molecule has 1 aliphatic heterocycles. The molecule has 0 saturated heterocycles. The van der Waals surface area contributed by atoms with Gasteiger partial charge >= 0.3 is 6.18 Å². The van der Waals surface area contributed by atoms with E-state index in [0.717, 1.165) is 18.3 Å². The van der Waals surface area contributed by atoms with Crippen molar-refractivity contribution in [2.24, 2.45) is 5.10 Å². The summed E-state index contributed by atoms with van der Waals surface area (Å²) in [6.45, 7) is -0.226. The van der Waals surface area contributed by atoms with E-state index in [1.807, 2.05) is 0 Å². The van der Waals surface area contributed by atoms with E-state index in [1.54, 1.807) is 0 Å². The predicted molar refractivity (Wildman–Crippen MR) is 87.4 cm³/mol. The summed E-state index contributed by atoms with van der Waals surface area (Å²) >= 11 is 0. The third-order valence-electron chi connectivity index (χ3n) is 4.03. The number of rotatable bonds is 4. The van der Waals surface area contributed by atoms with Gasteiger partial charge in [0, 0.05) is 24.3 Å². The largest absolute Gasteiger partial charge is 0.486 e. The molecule has 148 valence electrons. The lowest BCUT2D eigenvalue weighted by Gasteiger charge is -2.32. The highest BCUT2D eigenvalue weighted by Crippen LogP contribution is 2.39. The first kappa shape index (κ1) is 19.7. The molecule has 1 aliphatic rings. The van der Waals surface area contributed by atoms with Gasteiger partial charge in [-0.3, -0.25) is 4.79 Å². The zero-order chi connectivity index (χ0) is 20.5. The van der Waals surface area contributed by atoms with Gasteiger partial charge in [-0.25, -0.2) is 8.78 Å². The van der Waals surface area contributed by atoms with Gasteiger partial charge in [-0.2, -0.15) is 23.3 Å². The second-order valence-corrected chi connectivity index (χ2v) is 6.00. The smallest absolute Gasteiger partial charge is 0.438 e. The van der Waals surface area contributed by atoms with Crippen molar-refractivity contribution >= 4 is 12.1 Å². The van der Waals surface area contributed by atoms with E-state index in [-0.39, 0.29) is 22.9 Å². The molecule has 0 bridgehead atoms. The first-order valence-electron chi connectivity index (χ1n) is 7.95. The summed E-state index contributed by atoms with van der Waals surface area (Å²) in [6.07, 6.45) is -5.18. The molecule has 1 amide bonds. The van der Waals surface area contributed by atoms with Gasteiger partial charge in [-0.15, -0.1) is 0 Å². The topological polar surface area (TPSA) is 62.1 Å². The molecular formula is C18H13F5N2O3. The number of halogens is 5. The molecule has 0 aliphatic carbocycles. The minimum atomic E-state index is -5.10. The minimum Gasteiger partial charge on any atom is -0.486 e. The van der Waals surface area contributed by atoms with Crippen molar-refractivity contribution in [3.8, 4) is 5.75 Å². The second-order valence-electron chi connectivity index (χ2n) is 6.00. The van der Waals surface area contributed by atoms with E-state index < -0.39 is 35.9 Å². The zero-order valence-corrected chi connectivity index (χ0v) is 14.1. The fourth-order valence-corrected chi connectivity index (χ4v) is 2.56. The molecule has 0 spiro atoms. The SMILES string of the molecule is O=C(c1cccc(COc2ccc(F)cc2F)c1)N1N=CC[C@@]1(O)C(F)(F)F. The Balaban J connectivity index is 1.77. The van der Waals surface area contributed by atoms with Crippen LogP contribution in [0, 0.1) is 11.6 Å². The summed E-state index contributed by atoms with van der Waals surface area (Å²) in [5.41, 5.74) is -3.26. The molecule has 28 heavy (non-hydrogen) atoms. The van der Waals surface area contributed by atoms with E-state index in [1.165, 1.54) is 24.3 Å². The molecule has 1 atom stereocenters. The lowest BCUT2D eigenvalue weighted by molar-refractivity contribution is -0.297. The molecule has 0 saturated carbocycles. The van der Waals surface area contributed by atoms with Crippen LogP contribution in [-0.4, -0.2) is 34.1 Å². The Labute approximate surface area is 155 Å². The van der Waals surface area contributed by atoms with Crippen molar-refractivity contribution in [1.29, 1.82) is 0 Å². The molecule has 2 aromatic rings. The maximum Gasteiger partial charge on any atom is 0.438 e. The Morgan fingerprint density at radius 1 is 1.21 bits per heavy atom. The van der Waals surface area contributed by atoms with Gasteiger partial charge in [0.05, 0.1) is 0 Å². The molecular weight excluding hydrogens is 387 g/mol. The van der Waals surface area contributed by atoms with Crippen molar-refractivity contribution in [2.75, 3.05) is 0 Å². The molecule has 5 nitrogen and oxygen atoms in total. The monoisotopic (exact) mass is 400 g/mol. The van der Waals surface area contributed by atoms with E-state index in [9.17, 15) is 31.9 Å². The highest BCUT2D eigenvalue weighted by Gasteiger charge is 2.61. The van der Waals surface area contributed by atoms with Crippen molar-refractivity contribution < 1.29 is 36.6 Å². The Morgan fingerprint density at radius 2 is 1.96 bits per heavy atom. The summed E-state index contributed by atoms with van der Waals surface area (Å²) in [5.74, 6) is -3.09. The summed E-state index contributed by atoms with van der Waals surface area (Å²) < 4.78 is 71.0. The van der Waals surface area contributed by atoms with Gasteiger partial charge in [0.25, 0.3) is 11.6 Å². The van der Waals surface area contributed by atoms with Crippen LogP contribution in [-0.2, 0) is 6.61 Å². The number of ether oxygens (including phenoxy) is 1. The molecule has 0 radical (unpaired) electrons. The number of carbonyl (C=O) groups excluding carboxylic acids is 1. The minimum absolute atomic E-state index is 0.0212. The first-order chi connectivity index (χ1) is 13.1. The molecule has 2 aromatic carbocycles. The third-order valence-corrected chi connectivity index (χ3v) is 4.03. The standard InChI is InChI=1S/C18H13F5N2O3/c19-13-4-5-15(14(20)9-13)28-10-11-2-1-3-12(8-11)16(26)25-17(27,6-7-24-25)18(21,22)23/h1-5,7-9,27H,6,10H2/t17-/m1/s1. The molecule has 1 heterocycles. The average Bonchev–Trinajstić information content (AvgIpc) is 3.03. The van der Waals surface area contributed by atoms with E-state index in [0.29, 0.717) is 11.6 Å².